The van der Waals surface area contributed by atoms with Crippen LogP contribution in [0.25, 0.3) is 0 Å². The molecule has 1 aliphatic heterocycles. The van der Waals surface area contributed by atoms with Crippen molar-refractivity contribution in [3.05, 3.63) is 10.5 Å². The van der Waals surface area contributed by atoms with Crippen LogP contribution in [0.5, 0.6) is 0 Å². The summed E-state index contributed by atoms with van der Waals surface area (Å²) >= 11 is 1.63. The van der Waals surface area contributed by atoms with E-state index in [1.165, 1.54) is 10.5 Å². The summed E-state index contributed by atoms with van der Waals surface area (Å²) in [5.74, 6) is -0.947. The van der Waals surface area contributed by atoms with Crippen molar-refractivity contribution in [2.24, 2.45) is 0 Å². The second kappa shape index (κ2) is 5.84. The molecule has 5 heteroatoms. The molecule has 0 saturated heterocycles. The van der Waals surface area contributed by atoms with Gasteiger partial charge in [0.25, 0.3) is 5.91 Å². The van der Waals surface area contributed by atoms with E-state index in [2.05, 4.69) is 6.92 Å². The number of nitrogens with zero attached hydrogens (tertiary/aromatic N) is 1. The summed E-state index contributed by atoms with van der Waals surface area (Å²) in [6.45, 7) is 3.21. The molecular formula is C11H16N2O2S. The van der Waals surface area contributed by atoms with Crippen LogP contribution >= 0.6 is 11.8 Å². The third-order valence-electron chi connectivity index (χ3n) is 2.63. The van der Waals surface area contributed by atoms with Crippen LogP contribution in [0.1, 0.15) is 19.8 Å². The summed E-state index contributed by atoms with van der Waals surface area (Å²) in [6.07, 6.45) is 3.69. The fourth-order valence-electron chi connectivity index (χ4n) is 1.60. The molecule has 0 unspecified atom stereocenters. The number of carbonyl (C=O) groups is 2. The minimum Gasteiger partial charge on any atom is -0.331 e. The Kier molecular flexibility index (Phi) is 4.73. The van der Waals surface area contributed by atoms with E-state index in [9.17, 15) is 9.59 Å². The van der Waals surface area contributed by atoms with E-state index in [0.29, 0.717) is 13.1 Å². The molecule has 88 valence electrons. The molecule has 0 saturated carbocycles. The Labute approximate surface area is 99.6 Å². The van der Waals surface area contributed by atoms with E-state index in [-0.39, 0.29) is 6.42 Å². The van der Waals surface area contributed by atoms with Gasteiger partial charge in [-0.25, -0.2) is 0 Å². The quantitative estimate of drug-likeness (QED) is 0.598. The lowest BCUT2D eigenvalue weighted by molar-refractivity contribution is -0.143. The van der Waals surface area contributed by atoms with Crippen molar-refractivity contribution >= 4 is 29.7 Å². The second-order valence-corrected chi connectivity index (χ2v) is 4.62. The minimum absolute atomic E-state index is 0.0906. The average molecular weight is 240 g/mol. The van der Waals surface area contributed by atoms with Crippen LogP contribution in [0.4, 0.5) is 0 Å². The number of thioether (sulfide) groups is 1. The molecule has 1 N–H and O–H groups in total. The maximum atomic E-state index is 11.7. The molecule has 4 nitrogen and oxygen atoms in total. The number of nitrogens with one attached hydrogen (secondary N) is 1. The lowest BCUT2D eigenvalue weighted by Gasteiger charge is -2.28. The van der Waals surface area contributed by atoms with Gasteiger partial charge >= 0.3 is 0 Å². The van der Waals surface area contributed by atoms with Crippen LogP contribution in [-0.4, -0.2) is 42.2 Å². The number of Topliss-reactive ketones (excluding diaryl/α,β-unsaturated/α-hetero) is 1. The Morgan fingerprint density at radius 2 is 2.25 bits per heavy atom. The van der Waals surface area contributed by atoms with Crippen LogP contribution in [0, 0.1) is 5.41 Å². The summed E-state index contributed by atoms with van der Waals surface area (Å²) in [5, 5.41) is 6.82. The van der Waals surface area contributed by atoms with Crippen molar-refractivity contribution in [1.29, 1.82) is 5.41 Å². The highest BCUT2D eigenvalue weighted by atomic mass is 32.2. The molecule has 1 heterocycles. The largest absolute Gasteiger partial charge is 0.331 e. The predicted octanol–water partition coefficient (Wildman–Crippen LogP) is 1.46. The molecule has 0 fully saturated rings. The predicted molar refractivity (Wildman–Crippen MR) is 65.8 cm³/mol. The van der Waals surface area contributed by atoms with Gasteiger partial charge < -0.3 is 10.3 Å². The first-order valence-corrected chi connectivity index (χ1v) is 6.36. The number of rotatable bonds is 4. The van der Waals surface area contributed by atoms with Crippen molar-refractivity contribution in [1.82, 2.24) is 4.90 Å². The van der Waals surface area contributed by atoms with E-state index in [4.69, 9.17) is 5.41 Å². The van der Waals surface area contributed by atoms with Crippen molar-refractivity contribution in [3.8, 4) is 0 Å². The van der Waals surface area contributed by atoms with Crippen LogP contribution in [0.2, 0.25) is 0 Å². The molecular weight excluding hydrogens is 224 g/mol. The third kappa shape index (κ3) is 2.95. The zero-order chi connectivity index (χ0) is 12.1. The number of carbonyl (C=O) groups excluding carboxylic acids is 2. The molecule has 1 aliphatic rings. The lowest BCUT2D eigenvalue weighted by Crippen LogP contribution is -2.40. The third-order valence-corrected chi connectivity index (χ3v) is 3.60. The molecule has 0 atom stereocenters. The summed E-state index contributed by atoms with van der Waals surface area (Å²) in [6, 6.07) is 0. The van der Waals surface area contributed by atoms with Gasteiger partial charge in [0.15, 0.2) is 0 Å². The van der Waals surface area contributed by atoms with Crippen molar-refractivity contribution in [2.45, 2.75) is 19.8 Å². The smallest absolute Gasteiger partial charge is 0.290 e. The second-order valence-electron chi connectivity index (χ2n) is 3.72. The number of hydrogen-bond donors (Lipinski definition) is 1. The van der Waals surface area contributed by atoms with E-state index >= 15 is 0 Å². The Hall–Kier alpha value is -1.10. The highest BCUT2D eigenvalue weighted by Gasteiger charge is 2.24. The van der Waals surface area contributed by atoms with Gasteiger partial charge in [-0.3, -0.25) is 9.59 Å². The van der Waals surface area contributed by atoms with E-state index < -0.39 is 11.7 Å². The Morgan fingerprint density at radius 3 is 2.81 bits per heavy atom. The van der Waals surface area contributed by atoms with Crippen molar-refractivity contribution in [3.63, 3.8) is 0 Å². The van der Waals surface area contributed by atoms with Gasteiger partial charge in [-0.1, -0.05) is 5.57 Å². The maximum Gasteiger partial charge on any atom is 0.290 e. The SMILES string of the molecule is CSC1=C(C)CCN(C(=O)C(=O)CC=N)C1. The standard InChI is InChI=1S/C11H16N2O2S/c1-8-4-6-13(7-10(8)16-2)11(15)9(14)3-5-12/h5,12H,3-4,6-7H2,1-2H3. The van der Waals surface area contributed by atoms with Crippen molar-refractivity contribution in [2.75, 3.05) is 19.3 Å². The van der Waals surface area contributed by atoms with Gasteiger partial charge in [0.2, 0.25) is 5.78 Å². The Bertz CT molecular complexity index is 350. The van der Waals surface area contributed by atoms with Crippen LogP contribution in [-0.2, 0) is 9.59 Å². The van der Waals surface area contributed by atoms with Crippen LogP contribution in [0.3, 0.4) is 0 Å². The molecule has 16 heavy (non-hydrogen) atoms. The molecule has 1 rings (SSSR count). The fraction of sp³-hybridized carbons (Fsp3) is 0.545. The van der Waals surface area contributed by atoms with Gasteiger partial charge in [-0.05, 0) is 19.6 Å². The molecule has 0 radical (unpaired) electrons. The van der Waals surface area contributed by atoms with Gasteiger partial charge in [0.1, 0.15) is 0 Å². The molecule has 0 bridgehead atoms. The number of amides is 1. The summed E-state index contributed by atoms with van der Waals surface area (Å²) in [4.78, 5) is 25.8. The van der Waals surface area contributed by atoms with Crippen LogP contribution < -0.4 is 0 Å². The monoisotopic (exact) mass is 240 g/mol. The maximum absolute atomic E-state index is 11.7. The lowest BCUT2D eigenvalue weighted by atomic mass is 10.1. The summed E-state index contributed by atoms with van der Waals surface area (Å²) < 4.78 is 0. The normalized spacial score (nSPS) is 16.2. The minimum atomic E-state index is -0.491. The highest BCUT2D eigenvalue weighted by Crippen LogP contribution is 2.25. The van der Waals surface area contributed by atoms with Gasteiger partial charge in [-0.15, -0.1) is 11.8 Å². The molecule has 0 aromatic rings. The molecule has 0 aromatic heterocycles. The van der Waals surface area contributed by atoms with E-state index in [0.717, 1.165) is 12.6 Å². The number of hydrogen-bond acceptors (Lipinski definition) is 4. The summed E-state index contributed by atoms with van der Waals surface area (Å²) in [7, 11) is 0. The molecule has 0 aliphatic carbocycles. The molecule has 0 spiro atoms. The zero-order valence-electron chi connectivity index (χ0n) is 9.58. The topological polar surface area (TPSA) is 61.2 Å². The Balaban J connectivity index is 2.68. The average Bonchev–Trinajstić information content (AvgIpc) is 2.29. The first-order valence-electron chi connectivity index (χ1n) is 5.13. The van der Waals surface area contributed by atoms with E-state index in [1.54, 1.807) is 16.7 Å². The summed E-state index contributed by atoms with van der Waals surface area (Å²) in [5.41, 5.74) is 1.30. The fourth-order valence-corrected chi connectivity index (χ4v) is 2.33. The molecule has 1 amide bonds. The highest BCUT2D eigenvalue weighted by molar-refractivity contribution is 8.02. The van der Waals surface area contributed by atoms with Gasteiger partial charge in [0.05, 0.1) is 13.0 Å². The van der Waals surface area contributed by atoms with Crippen LogP contribution in [0.15, 0.2) is 10.5 Å². The first-order chi connectivity index (χ1) is 7.60. The number of ketones is 1. The van der Waals surface area contributed by atoms with Crippen molar-refractivity contribution < 1.29 is 9.59 Å². The Morgan fingerprint density at radius 1 is 1.56 bits per heavy atom. The molecule has 0 aromatic carbocycles. The van der Waals surface area contributed by atoms with Gasteiger partial charge in [-0.2, -0.15) is 0 Å². The van der Waals surface area contributed by atoms with E-state index in [1.807, 2.05) is 6.26 Å². The zero-order valence-corrected chi connectivity index (χ0v) is 10.4. The first kappa shape index (κ1) is 13.0. The van der Waals surface area contributed by atoms with Gasteiger partial charge in [0, 0.05) is 17.7 Å².